The number of rotatable bonds is 5. The van der Waals surface area contributed by atoms with Crippen molar-refractivity contribution in [1.29, 1.82) is 0 Å². The Hall–Kier alpha value is -3.03. The molecule has 0 saturated carbocycles. The van der Waals surface area contributed by atoms with Gasteiger partial charge in [-0.25, -0.2) is 4.39 Å². The molecule has 2 aromatic carbocycles. The molecule has 4 rings (SSSR count). The minimum atomic E-state index is -0.496. The van der Waals surface area contributed by atoms with Crippen molar-refractivity contribution < 1.29 is 13.9 Å². The van der Waals surface area contributed by atoms with E-state index in [0.29, 0.717) is 21.6 Å². The molecule has 1 aliphatic rings. The van der Waals surface area contributed by atoms with Crippen LogP contribution < -0.4 is 9.64 Å². The number of amides is 1. The summed E-state index contributed by atoms with van der Waals surface area (Å²) in [7, 11) is 0. The van der Waals surface area contributed by atoms with E-state index in [2.05, 4.69) is 4.98 Å². The van der Waals surface area contributed by atoms with Crippen LogP contribution >= 0.6 is 24.0 Å². The van der Waals surface area contributed by atoms with Crippen molar-refractivity contribution in [3.8, 4) is 5.75 Å². The molecule has 3 aromatic rings. The Labute approximate surface area is 177 Å². The molecule has 144 valence electrons. The average molecular weight is 423 g/mol. The lowest BCUT2D eigenvalue weighted by atomic mass is 10.2. The Bertz CT molecular complexity index is 1100. The highest BCUT2D eigenvalue weighted by Gasteiger charge is 2.34. The van der Waals surface area contributed by atoms with E-state index in [9.17, 15) is 9.18 Å². The molecule has 0 radical (unpaired) electrons. The van der Waals surface area contributed by atoms with E-state index in [4.69, 9.17) is 17.0 Å². The minimum absolute atomic E-state index is 0.151. The molecule has 0 atom stereocenters. The highest BCUT2D eigenvalue weighted by molar-refractivity contribution is 8.27. The lowest BCUT2D eigenvalue weighted by Crippen LogP contribution is -2.28. The van der Waals surface area contributed by atoms with Crippen molar-refractivity contribution in [2.75, 3.05) is 4.90 Å². The van der Waals surface area contributed by atoms with E-state index in [1.807, 2.05) is 42.5 Å². The van der Waals surface area contributed by atoms with Crippen LogP contribution in [0.5, 0.6) is 5.75 Å². The van der Waals surface area contributed by atoms with Crippen molar-refractivity contribution in [1.82, 2.24) is 4.98 Å². The maximum absolute atomic E-state index is 14.2. The number of nitrogens with zero attached hydrogens (tertiary/aromatic N) is 2. The Balaban J connectivity index is 1.59. The molecule has 7 heteroatoms. The number of halogens is 1. The highest BCUT2D eigenvalue weighted by Crippen LogP contribution is 2.38. The summed E-state index contributed by atoms with van der Waals surface area (Å²) < 4.78 is 20.3. The second-order valence-corrected chi connectivity index (χ2v) is 7.79. The summed E-state index contributed by atoms with van der Waals surface area (Å²) in [5.41, 5.74) is 1.68. The maximum Gasteiger partial charge on any atom is 0.270 e. The van der Waals surface area contributed by atoms with Gasteiger partial charge in [-0.15, -0.1) is 0 Å². The topological polar surface area (TPSA) is 42.4 Å². The van der Waals surface area contributed by atoms with Crippen LogP contribution in [0, 0.1) is 5.82 Å². The monoisotopic (exact) mass is 422 g/mol. The number of thioether (sulfide) groups is 1. The summed E-state index contributed by atoms with van der Waals surface area (Å²) in [6.45, 7) is 0.307. The van der Waals surface area contributed by atoms with Crippen LogP contribution in [0.15, 0.2) is 77.8 Å². The molecule has 29 heavy (non-hydrogen) atoms. The standard InChI is InChI=1S/C22H15FN2O2S2/c23-17-9-2-3-10-18(17)25-21(26)20(29-22(25)28)13-15-7-1-4-11-19(15)27-14-16-8-5-6-12-24-16/h1-13H,14H2/b20-13+. The first kappa shape index (κ1) is 19.3. The van der Waals surface area contributed by atoms with E-state index < -0.39 is 5.82 Å². The number of hydrogen-bond acceptors (Lipinski definition) is 5. The lowest BCUT2D eigenvalue weighted by molar-refractivity contribution is -0.113. The number of aromatic nitrogens is 1. The molecule has 1 aromatic heterocycles. The third kappa shape index (κ3) is 4.21. The molecule has 0 aliphatic carbocycles. The normalized spacial score (nSPS) is 15.2. The summed E-state index contributed by atoms with van der Waals surface area (Å²) in [5, 5.41) is 0. The van der Waals surface area contributed by atoms with Crippen molar-refractivity contribution in [2.24, 2.45) is 0 Å². The van der Waals surface area contributed by atoms with Crippen LogP contribution in [-0.2, 0) is 11.4 Å². The molecular formula is C22H15FN2O2S2. The number of thiocarbonyl (C=S) groups is 1. The maximum atomic E-state index is 14.2. The summed E-state index contributed by atoms with van der Waals surface area (Å²) in [6.07, 6.45) is 3.42. The van der Waals surface area contributed by atoms with E-state index in [1.165, 1.54) is 17.0 Å². The highest BCUT2D eigenvalue weighted by atomic mass is 32.2. The average Bonchev–Trinajstić information content (AvgIpc) is 3.01. The van der Waals surface area contributed by atoms with Crippen molar-refractivity contribution in [3.05, 3.63) is 94.9 Å². The number of carbonyl (C=O) groups is 1. The zero-order chi connectivity index (χ0) is 20.2. The third-order valence-corrected chi connectivity index (χ3v) is 5.50. The quantitative estimate of drug-likeness (QED) is 0.417. The molecule has 1 aliphatic heterocycles. The number of pyridine rings is 1. The number of anilines is 1. The van der Waals surface area contributed by atoms with Gasteiger partial charge in [-0.3, -0.25) is 14.7 Å². The summed E-state index contributed by atoms with van der Waals surface area (Å²) in [5.74, 6) is -0.233. The van der Waals surface area contributed by atoms with Gasteiger partial charge in [-0.05, 0) is 36.4 Å². The van der Waals surface area contributed by atoms with Crippen molar-refractivity contribution in [3.63, 3.8) is 0 Å². The Morgan fingerprint density at radius 3 is 2.62 bits per heavy atom. The number of benzene rings is 2. The van der Waals surface area contributed by atoms with Crippen molar-refractivity contribution >= 4 is 46.0 Å². The van der Waals surface area contributed by atoms with Gasteiger partial charge < -0.3 is 4.74 Å². The van der Waals surface area contributed by atoms with Crippen LogP contribution in [0.4, 0.5) is 10.1 Å². The van der Waals surface area contributed by atoms with Gasteiger partial charge in [0.05, 0.1) is 16.3 Å². The molecule has 1 fully saturated rings. The summed E-state index contributed by atoms with van der Waals surface area (Å²) in [4.78, 5) is 18.8. The van der Waals surface area contributed by atoms with Gasteiger partial charge in [-0.2, -0.15) is 0 Å². The van der Waals surface area contributed by atoms with Gasteiger partial charge in [-0.1, -0.05) is 60.4 Å². The fourth-order valence-electron chi connectivity index (χ4n) is 2.82. The fraction of sp³-hybridized carbons (Fsp3) is 0.0455. The van der Waals surface area contributed by atoms with E-state index >= 15 is 0 Å². The van der Waals surface area contributed by atoms with Crippen molar-refractivity contribution in [2.45, 2.75) is 6.61 Å². The molecule has 0 unspecified atom stereocenters. The number of carbonyl (C=O) groups excluding carboxylic acids is 1. The second-order valence-electron chi connectivity index (χ2n) is 6.12. The Morgan fingerprint density at radius 1 is 1.07 bits per heavy atom. The zero-order valence-corrected chi connectivity index (χ0v) is 16.8. The molecule has 0 bridgehead atoms. The van der Waals surface area contributed by atoms with Gasteiger partial charge in [0.1, 0.15) is 18.2 Å². The van der Waals surface area contributed by atoms with E-state index in [1.54, 1.807) is 24.4 Å². The molecule has 2 heterocycles. The van der Waals surface area contributed by atoms with Crippen LogP contribution in [0.25, 0.3) is 6.08 Å². The molecule has 4 nitrogen and oxygen atoms in total. The van der Waals surface area contributed by atoms with Gasteiger partial charge in [0.15, 0.2) is 4.32 Å². The molecule has 0 N–H and O–H groups in total. The van der Waals surface area contributed by atoms with Gasteiger partial charge in [0.2, 0.25) is 0 Å². The largest absolute Gasteiger partial charge is 0.487 e. The predicted molar refractivity (Wildman–Crippen MR) is 117 cm³/mol. The van der Waals surface area contributed by atoms with Gasteiger partial charge in [0.25, 0.3) is 5.91 Å². The molecular weight excluding hydrogens is 407 g/mol. The van der Waals surface area contributed by atoms with Crippen LogP contribution in [0.2, 0.25) is 0 Å². The van der Waals surface area contributed by atoms with Crippen LogP contribution in [0.1, 0.15) is 11.3 Å². The number of ether oxygens (including phenoxy) is 1. The molecule has 1 amide bonds. The van der Waals surface area contributed by atoms with Crippen LogP contribution in [0.3, 0.4) is 0 Å². The molecule has 0 spiro atoms. The number of hydrogen-bond donors (Lipinski definition) is 0. The number of para-hydroxylation sites is 2. The Kier molecular flexibility index (Phi) is 5.69. The van der Waals surface area contributed by atoms with Gasteiger partial charge in [0, 0.05) is 11.8 Å². The lowest BCUT2D eigenvalue weighted by Gasteiger charge is -2.15. The minimum Gasteiger partial charge on any atom is -0.487 e. The second kappa shape index (κ2) is 8.55. The van der Waals surface area contributed by atoms with Gasteiger partial charge >= 0.3 is 0 Å². The summed E-state index contributed by atoms with van der Waals surface area (Å²) in [6, 6.07) is 19.1. The Morgan fingerprint density at radius 2 is 1.83 bits per heavy atom. The predicted octanol–water partition coefficient (Wildman–Crippen LogP) is 5.21. The summed E-state index contributed by atoms with van der Waals surface area (Å²) >= 11 is 6.46. The fourth-order valence-corrected chi connectivity index (χ4v) is 4.09. The van der Waals surface area contributed by atoms with E-state index in [-0.39, 0.29) is 11.6 Å². The zero-order valence-electron chi connectivity index (χ0n) is 15.1. The third-order valence-electron chi connectivity index (χ3n) is 4.19. The smallest absolute Gasteiger partial charge is 0.270 e. The first-order chi connectivity index (χ1) is 14.1. The first-order valence-corrected chi connectivity index (χ1v) is 10.00. The van der Waals surface area contributed by atoms with E-state index in [0.717, 1.165) is 23.0 Å². The molecule has 1 saturated heterocycles. The SMILES string of the molecule is O=C1/C(=C\c2ccccc2OCc2ccccn2)SC(=S)N1c1ccccc1F. The first-order valence-electron chi connectivity index (χ1n) is 8.78. The van der Waals surface area contributed by atoms with Crippen LogP contribution in [-0.4, -0.2) is 15.2 Å².